The lowest BCUT2D eigenvalue weighted by atomic mass is 9.66. The molecule has 0 spiro atoms. The van der Waals surface area contributed by atoms with Gasteiger partial charge in [-0.2, -0.15) is 0 Å². The van der Waals surface area contributed by atoms with Crippen LogP contribution < -0.4 is 4.74 Å². The van der Waals surface area contributed by atoms with Crippen molar-refractivity contribution in [3.63, 3.8) is 0 Å². The summed E-state index contributed by atoms with van der Waals surface area (Å²) in [5.74, 6) is 1.77. The minimum atomic E-state index is 0.177. The van der Waals surface area contributed by atoms with Gasteiger partial charge in [-0.3, -0.25) is 4.79 Å². The zero-order chi connectivity index (χ0) is 15.8. The van der Waals surface area contributed by atoms with Crippen LogP contribution in [-0.4, -0.2) is 11.4 Å². The second-order valence-electron chi connectivity index (χ2n) is 6.58. The largest absolute Gasteiger partial charge is 0.507 e. The second-order valence-corrected chi connectivity index (χ2v) is 6.58. The number of benzene rings is 2. The van der Waals surface area contributed by atoms with Gasteiger partial charge in [0.15, 0.2) is 6.29 Å². The number of carbonyl (C=O) groups excluding carboxylic acids is 1. The summed E-state index contributed by atoms with van der Waals surface area (Å²) >= 11 is 0. The van der Waals surface area contributed by atoms with Crippen LogP contribution in [0.2, 0.25) is 0 Å². The first-order chi connectivity index (χ1) is 11.3. The summed E-state index contributed by atoms with van der Waals surface area (Å²) in [7, 11) is 0. The summed E-state index contributed by atoms with van der Waals surface area (Å²) in [5, 5.41) is 10.5. The lowest BCUT2D eigenvalue weighted by Crippen LogP contribution is -2.23. The van der Waals surface area contributed by atoms with E-state index in [1.165, 1.54) is 0 Å². The Morgan fingerprint density at radius 1 is 1.04 bits per heavy atom. The molecule has 2 bridgehead atoms. The zero-order valence-corrected chi connectivity index (χ0v) is 13.0. The van der Waals surface area contributed by atoms with Crippen LogP contribution in [0.4, 0.5) is 0 Å². The van der Waals surface area contributed by atoms with E-state index in [1.807, 2.05) is 30.3 Å². The number of rotatable bonds is 4. The number of carbonyl (C=O) groups is 1. The van der Waals surface area contributed by atoms with E-state index in [-0.39, 0.29) is 5.75 Å². The fraction of sp³-hybridized carbons (Fsp3) is 0.350. The molecule has 3 aliphatic carbocycles. The molecule has 1 N–H and O–H groups in total. The highest BCUT2D eigenvalue weighted by Gasteiger charge is 2.38. The van der Waals surface area contributed by atoms with Gasteiger partial charge in [0.1, 0.15) is 18.1 Å². The van der Waals surface area contributed by atoms with E-state index < -0.39 is 0 Å². The van der Waals surface area contributed by atoms with Crippen LogP contribution in [0.15, 0.2) is 36.4 Å². The van der Waals surface area contributed by atoms with Crippen molar-refractivity contribution in [2.75, 3.05) is 0 Å². The molecule has 0 saturated heterocycles. The van der Waals surface area contributed by atoms with E-state index in [0.717, 1.165) is 54.4 Å². The van der Waals surface area contributed by atoms with Gasteiger partial charge in [0.2, 0.25) is 0 Å². The maximum absolute atomic E-state index is 11.3. The highest BCUT2D eigenvalue weighted by molar-refractivity contribution is 5.82. The number of ether oxygens (including phenoxy) is 1. The SMILES string of the molecule is O=Cc1cc(OCc2ccccc2)c2c(c1O)C1CCC2CC1. The number of aromatic hydroxyl groups is 1. The molecule has 1 saturated carbocycles. The number of fused-ring (bicyclic) bond motifs is 2. The lowest BCUT2D eigenvalue weighted by Gasteiger charge is -2.39. The van der Waals surface area contributed by atoms with Crippen molar-refractivity contribution >= 4 is 6.29 Å². The monoisotopic (exact) mass is 308 g/mol. The third-order valence-corrected chi connectivity index (χ3v) is 5.28. The number of aldehydes is 1. The van der Waals surface area contributed by atoms with E-state index in [4.69, 9.17) is 4.74 Å². The molecule has 23 heavy (non-hydrogen) atoms. The van der Waals surface area contributed by atoms with Gasteiger partial charge in [0, 0.05) is 11.1 Å². The Hall–Kier alpha value is -2.29. The predicted octanol–water partition coefficient (Wildman–Crippen LogP) is 4.54. The third kappa shape index (κ3) is 2.40. The van der Waals surface area contributed by atoms with Crippen molar-refractivity contribution in [1.82, 2.24) is 0 Å². The summed E-state index contributed by atoms with van der Waals surface area (Å²) in [5.41, 5.74) is 3.56. The number of phenolic OH excluding ortho intramolecular Hbond substituents is 1. The zero-order valence-electron chi connectivity index (χ0n) is 13.0. The molecule has 0 radical (unpaired) electrons. The van der Waals surface area contributed by atoms with Crippen LogP contribution in [0.5, 0.6) is 11.5 Å². The fourth-order valence-corrected chi connectivity index (χ4v) is 4.15. The summed E-state index contributed by atoms with van der Waals surface area (Å²) in [6, 6.07) is 11.7. The Bertz CT molecular complexity index is 728. The third-order valence-electron chi connectivity index (χ3n) is 5.28. The van der Waals surface area contributed by atoms with E-state index >= 15 is 0 Å². The molecule has 5 rings (SSSR count). The van der Waals surface area contributed by atoms with Gasteiger partial charge in [-0.15, -0.1) is 0 Å². The van der Waals surface area contributed by atoms with Crippen LogP contribution in [-0.2, 0) is 6.61 Å². The van der Waals surface area contributed by atoms with Gasteiger partial charge >= 0.3 is 0 Å². The van der Waals surface area contributed by atoms with Gasteiger partial charge in [-0.1, -0.05) is 30.3 Å². The van der Waals surface area contributed by atoms with Crippen molar-refractivity contribution in [1.29, 1.82) is 0 Å². The van der Waals surface area contributed by atoms with E-state index in [1.54, 1.807) is 6.07 Å². The molecule has 0 amide bonds. The molecule has 3 aliphatic rings. The summed E-state index contributed by atoms with van der Waals surface area (Å²) < 4.78 is 6.07. The van der Waals surface area contributed by atoms with Crippen LogP contribution in [0.25, 0.3) is 0 Å². The Balaban J connectivity index is 1.74. The number of hydrogen-bond acceptors (Lipinski definition) is 3. The first kappa shape index (κ1) is 14.3. The Labute approximate surface area is 135 Å². The molecule has 3 heteroatoms. The van der Waals surface area contributed by atoms with E-state index in [9.17, 15) is 9.90 Å². The van der Waals surface area contributed by atoms with Crippen LogP contribution >= 0.6 is 0 Å². The van der Waals surface area contributed by atoms with Crippen molar-refractivity contribution in [3.05, 3.63) is 58.7 Å². The average Bonchev–Trinajstić information content (AvgIpc) is 2.63. The van der Waals surface area contributed by atoms with Gasteiger partial charge in [-0.05, 0) is 49.1 Å². The minimum absolute atomic E-state index is 0.177. The molecule has 118 valence electrons. The standard InChI is InChI=1S/C20H20O3/c21-11-16-10-17(23-12-13-4-2-1-3-5-13)18-14-6-8-15(9-7-14)19(18)20(16)22/h1-5,10-11,14-15,22H,6-9,12H2. The molecule has 0 unspecified atom stereocenters. The lowest BCUT2D eigenvalue weighted by molar-refractivity contribution is 0.111. The molecule has 2 aromatic rings. The first-order valence-electron chi connectivity index (χ1n) is 8.29. The van der Waals surface area contributed by atoms with Gasteiger partial charge in [-0.25, -0.2) is 0 Å². The Morgan fingerprint density at radius 3 is 2.35 bits per heavy atom. The quantitative estimate of drug-likeness (QED) is 0.844. The van der Waals surface area contributed by atoms with Crippen LogP contribution in [0.1, 0.15) is 64.6 Å². The molecule has 1 fully saturated rings. The molecule has 0 aromatic heterocycles. The Kier molecular flexibility index (Phi) is 3.56. The van der Waals surface area contributed by atoms with Crippen LogP contribution in [0, 0.1) is 0 Å². The summed E-state index contributed by atoms with van der Waals surface area (Å²) in [6.07, 6.45) is 5.24. The smallest absolute Gasteiger partial charge is 0.153 e. The molecule has 3 nitrogen and oxygen atoms in total. The molecule has 0 heterocycles. The van der Waals surface area contributed by atoms with Crippen molar-refractivity contribution in [2.24, 2.45) is 0 Å². The maximum Gasteiger partial charge on any atom is 0.153 e. The van der Waals surface area contributed by atoms with Gasteiger partial charge < -0.3 is 9.84 Å². The molecule has 0 atom stereocenters. The minimum Gasteiger partial charge on any atom is -0.507 e. The first-order valence-corrected chi connectivity index (χ1v) is 8.29. The summed E-state index contributed by atoms with van der Waals surface area (Å²) in [4.78, 5) is 11.3. The highest BCUT2D eigenvalue weighted by Crippen LogP contribution is 2.55. The normalized spacial score (nSPS) is 21.7. The van der Waals surface area contributed by atoms with Gasteiger partial charge in [0.25, 0.3) is 0 Å². The van der Waals surface area contributed by atoms with Gasteiger partial charge in [0.05, 0.1) is 5.56 Å². The van der Waals surface area contributed by atoms with E-state index in [2.05, 4.69) is 0 Å². The topological polar surface area (TPSA) is 46.5 Å². The van der Waals surface area contributed by atoms with Crippen molar-refractivity contribution in [3.8, 4) is 11.5 Å². The highest BCUT2D eigenvalue weighted by atomic mass is 16.5. The number of hydrogen-bond donors (Lipinski definition) is 1. The van der Waals surface area contributed by atoms with Crippen molar-refractivity contribution in [2.45, 2.75) is 44.1 Å². The summed E-state index contributed by atoms with van der Waals surface area (Å²) in [6.45, 7) is 0.480. The van der Waals surface area contributed by atoms with Crippen LogP contribution in [0.3, 0.4) is 0 Å². The molecular formula is C20H20O3. The Morgan fingerprint density at radius 2 is 1.70 bits per heavy atom. The molecule has 2 aromatic carbocycles. The fourth-order valence-electron chi connectivity index (χ4n) is 4.15. The van der Waals surface area contributed by atoms with Crippen molar-refractivity contribution < 1.29 is 14.6 Å². The number of phenols is 1. The predicted molar refractivity (Wildman–Crippen MR) is 88.2 cm³/mol. The molecular weight excluding hydrogens is 288 g/mol. The average molecular weight is 308 g/mol. The maximum atomic E-state index is 11.3. The molecule has 0 aliphatic heterocycles. The van der Waals surface area contributed by atoms with E-state index in [0.29, 0.717) is 24.0 Å². The second kappa shape index (κ2) is 5.73.